The van der Waals surface area contributed by atoms with Crippen LogP contribution in [0.5, 0.6) is 0 Å². The van der Waals surface area contributed by atoms with Crippen LogP contribution in [0.25, 0.3) is 0 Å². The Hall–Kier alpha value is -1.32. The highest BCUT2D eigenvalue weighted by Gasteiger charge is 2.45. The molecule has 4 fully saturated rings. The van der Waals surface area contributed by atoms with Crippen LogP contribution in [-0.4, -0.2) is 135 Å². The average molecular weight is 469 g/mol. The van der Waals surface area contributed by atoms with Crippen LogP contribution in [0.3, 0.4) is 0 Å². The molecule has 14 heteroatoms. The summed E-state index contributed by atoms with van der Waals surface area (Å²) in [7, 11) is -6.07. The Morgan fingerprint density at radius 1 is 0.967 bits per heavy atom. The lowest BCUT2D eigenvalue weighted by Crippen LogP contribution is -2.68. The number of hydrogen-bond donors (Lipinski definition) is 4. The van der Waals surface area contributed by atoms with E-state index in [1.807, 2.05) is 0 Å². The maximum Gasteiger partial charge on any atom is 0.248 e. The van der Waals surface area contributed by atoms with Gasteiger partial charge in [-0.2, -0.15) is 0 Å². The van der Waals surface area contributed by atoms with Gasteiger partial charge >= 0.3 is 0 Å². The molecule has 4 heterocycles. The summed E-state index contributed by atoms with van der Waals surface area (Å²) in [6, 6.07) is -1.66. The number of carbonyl (C=O) groups is 2. The first-order valence-corrected chi connectivity index (χ1v) is 13.4. The van der Waals surface area contributed by atoms with E-state index in [0.717, 1.165) is 6.54 Å². The first-order chi connectivity index (χ1) is 14.0. The number of amides is 2. The second kappa shape index (κ2) is 9.04. The number of rotatable bonds is 2. The van der Waals surface area contributed by atoms with Gasteiger partial charge in [-0.25, -0.2) is 16.8 Å². The number of piperazine rings is 2. The lowest BCUT2D eigenvalue weighted by molar-refractivity contribution is -0.149. The van der Waals surface area contributed by atoms with Gasteiger partial charge in [-0.15, -0.1) is 0 Å². The second-order valence-electron chi connectivity index (χ2n) is 7.96. The van der Waals surface area contributed by atoms with Crippen molar-refractivity contribution in [1.29, 1.82) is 0 Å². The monoisotopic (exact) mass is 468 g/mol. The Kier molecular flexibility index (Phi) is 7.04. The Labute approximate surface area is 175 Å². The van der Waals surface area contributed by atoms with Gasteiger partial charge in [0.2, 0.25) is 11.8 Å². The summed E-state index contributed by atoms with van der Waals surface area (Å²) < 4.78 is 45.4. The summed E-state index contributed by atoms with van der Waals surface area (Å²) in [5.41, 5.74) is 0. The highest BCUT2D eigenvalue weighted by atomic mass is 32.2. The van der Waals surface area contributed by atoms with Crippen LogP contribution < -0.4 is 10.6 Å². The van der Waals surface area contributed by atoms with Crippen LogP contribution in [0, 0.1) is 0 Å². The third kappa shape index (κ3) is 5.29. The van der Waals surface area contributed by atoms with E-state index in [0.29, 0.717) is 13.1 Å². The largest absolute Gasteiger partial charge is 0.395 e. The first-order valence-electron chi connectivity index (χ1n) is 9.76. The van der Waals surface area contributed by atoms with E-state index < -0.39 is 50.2 Å². The number of carbonyl (C=O) groups excluding carboxylic acids is 2. The molecule has 2 unspecified atom stereocenters. The molecule has 4 aliphatic heterocycles. The van der Waals surface area contributed by atoms with E-state index in [1.165, 1.54) is 4.90 Å². The van der Waals surface area contributed by atoms with Crippen LogP contribution in [-0.2, 0) is 29.3 Å². The fraction of sp³-hybridized carbons (Fsp3) is 0.875. The number of hydrogen-bond acceptors (Lipinski definition) is 10. The van der Waals surface area contributed by atoms with Crippen molar-refractivity contribution in [3.8, 4) is 0 Å². The molecule has 0 aromatic carbocycles. The lowest BCUT2D eigenvalue weighted by atomic mass is 10.1. The van der Waals surface area contributed by atoms with E-state index in [9.17, 15) is 26.4 Å². The first kappa shape index (κ1) is 23.3. The molecule has 0 aromatic rings. The lowest BCUT2D eigenvalue weighted by Gasteiger charge is -2.42. The Balaban J connectivity index is 0.000000172. The van der Waals surface area contributed by atoms with Crippen molar-refractivity contribution in [2.75, 3.05) is 62.4 Å². The van der Waals surface area contributed by atoms with Gasteiger partial charge in [-0.1, -0.05) is 0 Å². The molecule has 0 radical (unpaired) electrons. The summed E-state index contributed by atoms with van der Waals surface area (Å²) in [6.45, 7) is 1.72. The van der Waals surface area contributed by atoms with Gasteiger partial charge in [-0.3, -0.25) is 14.5 Å². The molecule has 4 aliphatic rings. The predicted molar refractivity (Wildman–Crippen MR) is 106 cm³/mol. The van der Waals surface area contributed by atoms with Gasteiger partial charge in [-0.05, 0) is 0 Å². The van der Waals surface area contributed by atoms with Crippen molar-refractivity contribution in [3.05, 3.63) is 0 Å². The highest BCUT2D eigenvalue weighted by Crippen LogP contribution is 2.17. The average Bonchev–Trinajstić information content (AvgIpc) is 2.69. The number of nitrogens with zero attached hydrogens (tertiary/aromatic N) is 2. The molecule has 0 aliphatic carbocycles. The van der Waals surface area contributed by atoms with Crippen molar-refractivity contribution in [3.63, 3.8) is 0 Å². The molecule has 0 bridgehead atoms. The Morgan fingerprint density at radius 3 is 2.30 bits per heavy atom. The summed E-state index contributed by atoms with van der Waals surface area (Å²) in [4.78, 5) is 26.7. The number of sulfone groups is 2. The quantitative estimate of drug-likeness (QED) is 0.308. The normalized spacial score (nSPS) is 35.3. The maximum absolute atomic E-state index is 11.7. The highest BCUT2D eigenvalue weighted by molar-refractivity contribution is 7.91. The van der Waals surface area contributed by atoms with Crippen molar-refractivity contribution in [2.24, 2.45) is 0 Å². The fourth-order valence-electron chi connectivity index (χ4n) is 4.06. The van der Waals surface area contributed by atoms with Crippen LogP contribution in [0.2, 0.25) is 0 Å². The molecule has 0 aromatic heterocycles. The third-order valence-electron chi connectivity index (χ3n) is 5.78. The molecule has 4 N–H and O–H groups in total. The summed E-state index contributed by atoms with van der Waals surface area (Å²) in [5, 5.41) is 23.3. The molecule has 0 spiro atoms. The van der Waals surface area contributed by atoms with Crippen LogP contribution in [0.1, 0.15) is 0 Å². The molecule has 172 valence electrons. The van der Waals surface area contributed by atoms with E-state index in [1.54, 1.807) is 0 Å². The van der Waals surface area contributed by atoms with Gasteiger partial charge in [0.15, 0.2) is 19.7 Å². The van der Waals surface area contributed by atoms with Gasteiger partial charge in [0.25, 0.3) is 0 Å². The van der Waals surface area contributed by atoms with E-state index in [4.69, 9.17) is 10.2 Å². The minimum Gasteiger partial charge on any atom is -0.395 e. The topological polar surface area (TPSA) is 173 Å². The number of nitrogens with one attached hydrogen (secondary N) is 2. The van der Waals surface area contributed by atoms with Crippen LogP contribution in [0.4, 0.5) is 0 Å². The zero-order valence-electron chi connectivity index (χ0n) is 16.4. The maximum atomic E-state index is 11.7. The standard InChI is InChI=1S/C8H12N2O5S.C8H16N2O3S/c11-3-5-8(13)10-1-2-16(14,15)4-6(10)7(12)9-5;11-5-7-4-10-1-2-14(12,13)6-8(10)3-9-7/h5-6,11H,1-4H2,(H,9,12);7-9,11H,1-6H2/t5-,6?;7-,8?/m10/s1. The van der Waals surface area contributed by atoms with Gasteiger partial charge in [0.05, 0.1) is 36.2 Å². The van der Waals surface area contributed by atoms with Gasteiger partial charge < -0.3 is 25.7 Å². The minimum atomic E-state index is -3.25. The van der Waals surface area contributed by atoms with Crippen LogP contribution in [0.15, 0.2) is 0 Å². The number of aliphatic hydroxyl groups excluding tert-OH is 2. The number of fused-ring (bicyclic) bond motifs is 2. The fourth-order valence-corrected chi connectivity index (χ4v) is 7.11. The van der Waals surface area contributed by atoms with Crippen LogP contribution >= 0.6 is 0 Å². The summed E-state index contributed by atoms with van der Waals surface area (Å²) >= 11 is 0. The molecule has 4 saturated heterocycles. The van der Waals surface area contributed by atoms with Crippen molar-refractivity contribution < 1.29 is 36.6 Å². The molecule has 4 rings (SSSR count). The molecule has 0 saturated carbocycles. The Bertz CT molecular complexity index is 878. The molecule has 4 atom stereocenters. The van der Waals surface area contributed by atoms with Gasteiger partial charge in [0.1, 0.15) is 12.1 Å². The summed E-state index contributed by atoms with van der Waals surface area (Å²) in [6.07, 6.45) is 0. The van der Waals surface area contributed by atoms with E-state index in [2.05, 4.69) is 15.5 Å². The Morgan fingerprint density at radius 2 is 1.63 bits per heavy atom. The molecule has 12 nitrogen and oxygen atoms in total. The zero-order chi connectivity index (χ0) is 22.1. The second-order valence-corrected chi connectivity index (χ2v) is 12.4. The van der Waals surface area contributed by atoms with E-state index >= 15 is 0 Å². The zero-order valence-corrected chi connectivity index (χ0v) is 18.1. The third-order valence-corrected chi connectivity index (χ3v) is 9.11. The van der Waals surface area contributed by atoms with Crippen molar-refractivity contribution in [1.82, 2.24) is 20.4 Å². The summed E-state index contributed by atoms with van der Waals surface area (Å²) in [5.74, 6) is -0.854. The molecular weight excluding hydrogens is 440 g/mol. The number of aliphatic hydroxyl groups is 2. The smallest absolute Gasteiger partial charge is 0.248 e. The molecular formula is C16H28N4O8S2. The molecule has 2 amide bonds. The minimum absolute atomic E-state index is 0.0236. The predicted octanol–water partition coefficient (Wildman–Crippen LogP) is -4.85. The SMILES string of the molecule is O=C1N[C@H](CO)C(=O)N2CCS(=O)(=O)CC12.O=S1(=O)CCN2C[C@@H](CO)NCC2C1. The molecule has 30 heavy (non-hydrogen) atoms. The van der Waals surface area contributed by atoms with Crippen molar-refractivity contribution >= 4 is 31.5 Å². The van der Waals surface area contributed by atoms with Crippen molar-refractivity contribution in [2.45, 2.75) is 24.2 Å². The van der Waals surface area contributed by atoms with E-state index in [-0.39, 0.29) is 48.2 Å². The van der Waals surface area contributed by atoms with Gasteiger partial charge in [0, 0.05) is 38.3 Å².